The number of para-hydroxylation sites is 1. The third-order valence-corrected chi connectivity index (χ3v) is 2.58. The molecular formula is C14H10F4O2. The SMILES string of the molecule is COc1ccc(-c2ccccc2OC(F)(F)F)cc1F. The van der Waals surface area contributed by atoms with Crippen LogP contribution in [0.1, 0.15) is 0 Å². The van der Waals surface area contributed by atoms with Gasteiger partial charge in [0.15, 0.2) is 11.6 Å². The number of hydrogen-bond acceptors (Lipinski definition) is 2. The molecule has 0 atom stereocenters. The lowest BCUT2D eigenvalue weighted by atomic mass is 10.0. The van der Waals surface area contributed by atoms with E-state index < -0.39 is 12.2 Å². The second kappa shape index (κ2) is 5.40. The van der Waals surface area contributed by atoms with Crippen LogP contribution < -0.4 is 9.47 Å². The Labute approximate surface area is 112 Å². The van der Waals surface area contributed by atoms with Crippen LogP contribution in [-0.2, 0) is 0 Å². The van der Waals surface area contributed by atoms with Crippen molar-refractivity contribution in [1.82, 2.24) is 0 Å². The maximum absolute atomic E-state index is 13.6. The van der Waals surface area contributed by atoms with Gasteiger partial charge in [0.2, 0.25) is 0 Å². The molecule has 0 saturated carbocycles. The van der Waals surface area contributed by atoms with Gasteiger partial charge in [0, 0.05) is 5.56 Å². The van der Waals surface area contributed by atoms with E-state index in [4.69, 9.17) is 4.74 Å². The van der Waals surface area contributed by atoms with Crippen molar-refractivity contribution in [3.05, 3.63) is 48.3 Å². The molecule has 6 heteroatoms. The highest BCUT2D eigenvalue weighted by atomic mass is 19.4. The smallest absolute Gasteiger partial charge is 0.494 e. The van der Waals surface area contributed by atoms with Gasteiger partial charge in [-0.3, -0.25) is 0 Å². The van der Waals surface area contributed by atoms with Crippen molar-refractivity contribution < 1.29 is 27.0 Å². The summed E-state index contributed by atoms with van der Waals surface area (Å²) in [6.07, 6.45) is -4.80. The summed E-state index contributed by atoms with van der Waals surface area (Å²) >= 11 is 0. The van der Waals surface area contributed by atoms with E-state index >= 15 is 0 Å². The normalized spacial score (nSPS) is 11.2. The summed E-state index contributed by atoms with van der Waals surface area (Å²) in [5.74, 6) is -1.03. The number of ether oxygens (including phenoxy) is 2. The Morgan fingerprint density at radius 2 is 1.65 bits per heavy atom. The van der Waals surface area contributed by atoms with Crippen LogP contribution in [0.4, 0.5) is 17.6 Å². The van der Waals surface area contributed by atoms with Crippen LogP contribution in [0.15, 0.2) is 42.5 Å². The van der Waals surface area contributed by atoms with Crippen LogP contribution in [0, 0.1) is 5.82 Å². The second-order valence-electron chi connectivity index (χ2n) is 3.89. The van der Waals surface area contributed by atoms with Gasteiger partial charge in [0.05, 0.1) is 7.11 Å². The highest BCUT2D eigenvalue weighted by molar-refractivity contribution is 5.71. The topological polar surface area (TPSA) is 18.5 Å². The predicted octanol–water partition coefficient (Wildman–Crippen LogP) is 4.40. The van der Waals surface area contributed by atoms with Gasteiger partial charge in [0.1, 0.15) is 5.75 Å². The quantitative estimate of drug-likeness (QED) is 0.779. The summed E-state index contributed by atoms with van der Waals surface area (Å²) in [7, 11) is 1.30. The Morgan fingerprint density at radius 1 is 0.950 bits per heavy atom. The fourth-order valence-corrected chi connectivity index (χ4v) is 1.75. The van der Waals surface area contributed by atoms with E-state index in [-0.39, 0.29) is 22.6 Å². The van der Waals surface area contributed by atoms with Crippen LogP contribution in [0.25, 0.3) is 11.1 Å². The molecule has 0 radical (unpaired) electrons. The zero-order valence-corrected chi connectivity index (χ0v) is 10.4. The largest absolute Gasteiger partial charge is 0.573 e. The minimum Gasteiger partial charge on any atom is -0.494 e. The monoisotopic (exact) mass is 286 g/mol. The van der Waals surface area contributed by atoms with E-state index in [1.807, 2.05) is 0 Å². The first-order chi connectivity index (χ1) is 9.40. The van der Waals surface area contributed by atoms with Crippen molar-refractivity contribution in [2.45, 2.75) is 6.36 Å². The molecule has 0 unspecified atom stereocenters. The third-order valence-electron chi connectivity index (χ3n) is 2.58. The van der Waals surface area contributed by atoms with Gasteiger partial charge >= 0.3 is 6.36 Å². The van der Waals surface area contributed by atoms with E-state index in [2.05, 4.69) is 4.74 Å². The molecule has 2 aromatic carbocycles. The maximum Gasteiger partial charge on any atom is 0.573 e. The number of halogens is 4. The van der Waals surface area contributed by atoms with Crippen LogP contribution >= 0.6 is 0 Å². The van der Waals surface area contributed by atoms with Crippen LogP contribution in [0.2, 0.25) is 0 Å². The maximum atomic E-state index is 13.6. The van der Waals surface area contributed by atoms with Gasteiger partial charge in [0.25, 0.3) is 0 Å². The molecule has 0 bridgehead atoms. The zero-order valence-electron chi connectivity index (χ0n) is 10.4. The molecular weight excluding hydrogens is 276 g/mol. The summed E-state index contributed by atoms with van der Waals surface area (Å²) in [6.45, 7) is 0. The Morgan fingerprint density at radius 3 is 2.25 bits per heavy atom. The molecule has 0 aliphatic carbocycles. The zero-order chi connectivity index (χ0) is 14.8. The van der Waals surface area contributed by atoms with Gasteiger partial charge in [-0.1, -0.05) is 24.3 Å². The summed E-state index contributed by atoms with van der Waals surface area (Å²) in [5, 5.41) is 0. The Balaban J connectivity index is 2.45. The number of hydrogen-bond donors (Lipinski definition) is 0. The predicted molar refractivity (Wildman–Crippen MR) is 65.1 cm³/mol. The first-order valence-electron chi connectivity index (χ1n) is 5.59. The molecule has 106 valence electrons. The highest BCUT2D eigenvalue weighted by Gasteiger charge is 2.32. The number of methoxy groups -OCH3 is 1. The second-order valence-corrected chi connectivity index (χ2v) is 3.89. The van der Waals surface area contributed by atoms with Crippen molar-refractivity contribution in [3.63, 3.8) is 0 Å². The molecule has 0 N–H and O–H groups in total. The van der Waals surface area contributed by atoms with Gasteiger partial charge < -0.3 is 9.47 Å². The van der Waals surface area contributed by atoms with Crippen molar-refractivity contribution in [2.24, 2.45) is 0 Å². The summed E-state index contributed by atoms with van der Waals surface area (Å²) < 4.78 is 59.3. The highest BCUT2D eigenvalue weighted by Crippen LogP contribution is 2.35. The fraction of sp³-hybridized carbons (Fsp3) is 0.143. The van der Waals surface area contributed by atoms with Gasteiger partial charge in [-0.05, 0) is 23.8 Å². The molecule has 2 rings (SSSR count). The van der Waals surface area contributed by atoms with Gasteiger partial charge in [-0.2, -0.15) is 0 Å². The third kappa shape index (κ3) is 3.20. The minimum atomic E-state index is -4.80. The van der Waals surface area contributed by atoms with Crippen molar-refractivity contribution in [2.75, 3.05) is 7.11 Å². The van der Waals surface area contributed by atoms with E-state index in [1.54, 1.807) is 6.07 Å². The Kier molecular flexibility index (Phi) is 3.83. The first-order valence-corrected chi connectivity index (χ1v) is 5.59. The van der Waals surface area contributed by atoms with Crippen molar-refractivity contribution in [3.8, 4) is 22.6 Å². The molecule has 0 aliphatic rings. The molecule has 0 spiro atoms. The lowest BCUT2D eigenvalue weighted by Gasteiger charge is -2.13. The van der Waals surface area contributed by atoms with E-state index in [9.17, 15) is 17.6 Å². The van der Waals surface area contributed by atoms with Gasteiger partial charge in [-0.15, -0.1) is 13.2 Å². The Bertz CT molecular complexity index is 608. The molecule has 0 aromatic heterocycles. The lowest BCUT2D eigenvalue weighted by Crippen LogP contribution is -2.17. The fourth-order valence-electron chi connectivity index (χ4n) is 1.75. The van der Waals surface area contributed by atoms with E-state index in [1.165, 1.54) is 37.4 Å². The molecule has 20 heavy (non-hydrogen) atoms. The number of rotatable bonds is 3. The van der Waals surface area contributed by atoms with Crippen LogP contribution in [-0.4, -0.2) is 13.5 Å². The summed E-state index contributed by atoms with van der Waals surface area (Å²) in [6, 6.07) is 9.44. The molecule has 0 heterocycles. The molecule has 0 aliphatic heterocycles. The Hall–Kier alpha value is -2.24. The average Bonchev–Trinajstić information content (AvgIpc) is 2.37. The molecule has 0 amide bonds. The standard InChI is InChI=1S/C14H10F4O2/c1-19-13-7-6-9(8-11(13)15)10-4-2-3-5-12(10)20-14(16,17)18/h2-8H,1H3. The van der Waals surface area contributed by atoms with Gasteiger partial charge in [-0.25, -0.2) is 4.39 Å². The number of benzene rings is 2. The summed E-state index contributed by atoms with van der Waals surface area (Å²) in [5.41, 5.74) is 0.412. The van der Waals surface area contributed by atoms with E-state index in [0.29, 0.717) is 0 Å². The van der Waals surface area contributed by atoms with Crippen molar-refractivity contribution >= 4 is 0 Å². The van der Waals surface area contributed by atoms with E-state index in [0.717, 1.165) is 6.07 Å². The number of alkyl halides is 3. The van der Waals surface area contributed by atoms with Crippen LogP contribution in [0.3, 0.4) is 0 Å². The summed E-state index contributed by atoms with van der Waals surface area (Å²) in [4.78, 5) is 0. The molecule has 0 saturated heterocycles. The minimum absolute atomic E-state index is 0.0166. The molecule has 0 fully saturated rings. The first kappa shape index (κ1) is 14.2. The lowest BCUT2D eigenvalue weighted by molar-refractivity contribution is -0.274. The molecule has 2 nitrogen and oxygen atoms in total. The van der Waals surface area contributed by atoms with Crippen LogP contribution in [0.5, 0.6) is 11.5 Å². The molecule has 2 aromatic rings. The van der Waals surface area contributed by atoms with Crippen molar-refractivity contribution in [1.29, 1.82) is 0 Å². The average molecular weight is 286 g/mol.